The largest absolute Gasteiger partial charge is 0.479 e. The third-order valence-electron chi connectivity index (χ3n) is 2.32. The highest BCUT2D eigenvalue weighted by molar-refractivity contribution is 6.31. The van der Waals surface area contributed by atoms with Gasteiger partial charge in [-0.15, -0.1) is 0 Å². The van der Waals surface area contributed by atoms with Gasteiger partial charge in [0.1, 0.15) is 5.82 Å². The normalized spacial score (nSPS) is 11.9. The van der Waals surface area contributed by atoms with Crippen LogP contribution in [-0.4, -0.2) is 28.9 Å². The van der Waals surface area contributed by atoms with Crippen molar-refractivity contribution >= 4 is 24.0 Å². The molecule has 0 aliphatic rings. The number of hydrogen-bond acceptors (Lipinski definition) is 2. The SMILES string of the molecule is CCN(C=O)C(C(=O)O)c1ccc(F)cc1Cl. The average molecular weight is 260 g/mol. The van der Waals surface area contributed by atoms with E-state index in [1.165, 1.54) is 6.07 Å². The Labute approximate surface area is 103 Å². The fourth-order valence-corrected chi connectivity index (χ4v) is 1.77. The fraction of sp³-hybridized carbons (Fsp3) is 0.273. The van der Waals surface area contributed by atoms with Gasteiger partial charge in [-0.25, -0.2) is 9.18 Å². The Kier molecular flexibility index (Phi) is 4.45. The van der Waals surface area contributed by atoms with Crippen LogP contribution in [0.5, 0.6) is 0 Å². The summed E-state index contributed by atoms with van der Waals surface area (Å²) < 4.78 is 12.9. The highest BCUT2D eigenvalue weighted by atomic mass is 35.5. The van der Waals surface area contributed by atoms with Crippen LogP contribution in [0.2, 0.25) is 5.02 Å². The van der Waals surface area contributed by atoms with Crippen molar-refractivity contribution in [1.82, 2.24) is 4.90 Å². The molecule has 6 heteroatoms. The first-order valence-electron chi connectivity index (χ1n) is 4.90. The van der Waals surface area contributed by atoms with Crippen LogP contribution in [0.25, 0.3) is 0 Å². The monoisotopic (exact) mass is 259 g/mol. The van der Waals surface area contributed by atoms with E-state index in [1.807, 2.05) is 0 Å². The second-order valence-corrected chi connectivity index (χ2v) is 3.75. The zero-order valence-corrected chi connectivity index (χ0v) is 9.82. The Morgan fingerprint density at radius 1 is 1.65 bits per heavy atom. The van der Waals surface area contributed by atoms with E-state index in [1.54, 1.807) is 6.92 Å². The standard InChI is InChI=1S/C11H11ClFNO3/c1-2-14(6-15)10(11(16)17)8-4-3-7(13)5-9(8)12/h3-6,10H,2H2,1H3,(H,16,17). The van der Waals surface area contributed by atoms with Crippen LogP contribution < -0.4 is 0 Å². The molecule has 1 N–H and O–H groups in total. The molecule has 0 aliphatic carbocycles. The lowest BCUT2D eigenvalue weighted by atomic mass is 10.1. The van der Waals surface area contributed by atoms with E-state index < -0.39 is 17.8 Å². The van der Waals surface area contributed by atoms with Gasteiger partial charge in [0, 0.05) is 17.1 Å². The number of rotatable bonds is 5. The quantitative estimate of drug-likeness (QED) is 0.824. The van der Waals surface area contributed by atoms with Crippen molar-refractivity contribution in [3.05, 3.63) is 34.6 Å². The number of benzene rings is 1. The lowest BCUT2D eigenvalue weighted by molar-refractivity contribution is -0.146. The lowest BCUT2D eigenvalue weighted by Gasteiger charge is -2.24. The number of amides is 1. The van der Waals surface area contributed by atoms with Gasteiger partial charge in [-0.2, -0.15) is 0 Å². The predicted molar refractivity (Wildman–Crippen MR) is 60.2 cm³/mol. The summed E-state index contributed by atoms with van der Waals surface area (Å²) in [5, 5.41) is 9.08. The third kappa shape index (κ3) is 2.94. The summed E-state index contributed by atoms with van der Waals surface area (Å²) in [6.45, 7) is 1.86. The van der Waals surface area contributed by atoms with Gasteiger partial charge in [-0.05, 0) is 19.1 Å². The maximum Gasteiger partial charge on any atom is 0.331 e. The van der Waals surface area contributed by atoms with Crippen molar-refractivity contribution in [1.29, 1.82) is 0 Å². The van der Waals surface area contributed by atoms with Gasteiger partial charge in [0.25, 0.3) is 0 Å². The summed E-state index contributed by atoms with van der Waals surface area (Å²) in [7, 11) is 0. The van der Waals surface area contributed by atoms with E-state index in [4.69, 9.17) is 16.7 Å². The van der Waals surface area contributed by atoms with Gasteiger partial charge in [0.2, 0.25) is 6.41 Å². The average Bonchev–Trinajstić information content (AvgIpc) is 2.26. The van der Waals surface area contributed by atoms with Crippen LogP contribution in [0.3, 0.4) is 0 Å². The Balaban J connectivity index is 3.22. The number of aliphatic carboxylic acids is 1. The minimum atomic E-state index is -1.22. The molecular formula is C11H11ClFNO3. The highest BCUT2D eigenvalue weighted by Gasteiger charge is 2.27. The maximum atomic E-state index is 12.9. The van der Waals surface area contributed by atoms with E-state index in [2.05, 4.69) is 0 Å². The fourth-order valence-electron chi connectivity index (χ4n) is 1.49. The molecule has 1 amide bonds. The van der Waals surface area contributed by atoms with Crippen molar-refractivity contribution in [2.75, 3.05) is 6.54 Å². The summed E-state index contributed by atoms with van der Waals surface area (Å²) in [5.74, 6) is -1.77. The van der Waals surface area contributed by atoms with E-state index in [-0.39, 0.29) is 17.1 Å². The Morgan fingerprint density at radius 2 is 2.29 bits per heavy atom. The maximum absolute atomic E-state index is 12.9. The molecule has 1 aromatic carbocycles. The summed E-state index contributed by atoms with van der Waals surface area (Å²) in [6, 6.07) is 2.19. The summed E-state index contributed by atoms with van der Waals surface area (Å²) >= 11 is 5.78. The van der Waals surface area contributed by atoms with Crippen molar-refractivity contribution in [3.63, 3.8) is 0 Å². The van der Waals surface area contributed by atoms with Crippen LogP contribution in [0.15, 0.2) is 18.2 Å². The molecule has 17 heavy (non-hydrogen) atoms. The summed E-state index contributed by atoms with van der Waals surface area (Å²) in [5.41, 5.74) is 0.189. The van der Waals surface area contributed by atoms with Crippen molar-refractivity contribution in [2.24, 2.45) is 0 Å². The Morgan fingerprint density at radius 3 is 2.71 bits per heavy atom. The molecule has 0 saturated heterocycles. The van der Waals surface area contributed by atoms with Crippen LogP contribution in [0.4, 0.5) is 4.39 Å². The second kappa shape index (κ2) is 5.63. The van der Waals surface area contributed by atoms with Crippen LogP contribution in [0, 0.1) is 5.82 Å². The number of carbonyl (C=O) groups is 2. The molecule has 0 aliphatic heterocycles. The van der Waals surface area contributed by atoms with Gasteiger partial charge in [0.05, 0.1) is 0 Å². The van der Waals surface area contributed by atoms with Crippen molar-refractivity contribution in [2.45, 2.75) is 13.0 Å². The summed E-state index contributed by atoms with van der Waals surface area (Å²) in [4.78, 5) is 23.0. The van der Waals surface area contributed by atoms with Crippen molar-refractivity contribution < 1.29 is 19.1 Å². The molecule has 0 aromatic heterocycles. The molecule has 0 fully saturated rings. The number of nitrogens with zero attached hydrogens (tertiary/aromatic N) is 1. The molecule has 4 nitrogen and oxygen atoms in total. The first-order valence-corrected chi connectivity index (χ1v) is 5.27. The van der Waals surface area contributed by atoms with Crippen molar-refractivity contribution in [3.8, 4) is 0 Å². The summed E-state index contributed by atoms with van der Waals surface area (Å²) in [6.07, 6.45) is 0.429. The molecule has 1 rings (SSSR count). The molecular weight excluding hydrogens is 249 g/mol. The molecule has 0 heterocycles. The molecule has 0 radical (unpaired) electrons. The molecule has 0 saturated carbocycles. The smallest absolute Gasteiger partial charge is 0.331 e. The first kappa shape index (κ1) is 13.4. The number of halogens is 2. The number of carboxylic acid groups (broad SMARTS) is 1. The van der Waals surface area contributed by atoms with E-state index in [9.17, 15) is 14.0 Å². The topological polar surface area (TPSA) is 57.6 Å². The van der Waals surface area contributed by atoms with Crippen LogP contribution in [0.1, 0.15) is 18.5 Å². The zero-order chi connectivity index (χ0) is 13.0. The van der Waals surface area contributed by atoms with Gasteiger partial charge >= 0.3 is 5.97 Å². The molecule has 1 unspecified atom stereocenters. The number of hydrogen-bond donors (Lipinski definition) is 1. The van der Waals surface area contributed by atoms with Crippen LogP contribution >= 0.6 is 11.6 Å². The highest BCUT2D eigenvalue weighted by Crippen LogP contribution is 2.27. The number of likely N-dealkylation sites (N-methyl/N-ethyl adjacent to an activating group) is 1. The Hall–Kier alpha value is -1.62. The van der Waals surface area contributed by atoms with Gasteiger partial charge in [-0.3, -0.25) is 4.79 Å². The van der Waals surface area contributed by atoms with E-state index >= 15 is 0 Å². The molecule has 1 atom stereocenters. The molecule has 92 valence electrons. The Bertz CT molecular complexity index is 439. The third-order valence-corrected chi connectivity index (χ3v) is 2.65. The predicted octanol–water partition coefficient (Wildman–Crippen LogP) is 2.08. The molecule has 0 spiro atoms. The van der Waals surface area contributed by atoms with Crippen LogP contribution in [-0.2, 0) is 9.59 Å². The minimum absolute atomic E-state index is 0.0160. The number of carboxylic acids is 1. The molecule has 0 bridgehead atoms. The van der Waals surface area contributed by atoms with E-state index in [0.29, 0.717) is 6.41 Å². The van der Waals surface area contributed by atoms with Gasteiger partial charge < -0.3 is 10.0 Å². The van der Waals surface area contributed by atoms with Gasteiger partial charge in [-0.1, -0.05) is 17.7 Å². The van der Waals surface area contributed by atoms with Gasteiger partial charge in [0.15, 0.2) is 6.04 Å². The lowest BCUT2D eigenvalue weighted by Crippen LogP contribution is -2.33. The van der Waals surface area contributed by atoms with E-state index in [0.717, 1.165) is 17.0 Å². The minimum Gasteiger partial charge on any atom is -0.479 e. The second-order valence-electron chi connectivity index (χ2n) is 3.34. The molecule has 1 aromatic rings. The number of carbonyl (C=O) groups excluding carboxylic acids is 1. The first-order chi connectivity index (χ1) is 8.01. The zero-order valence-electron chi connectivity index (χ0n) is 9.06.